The zero-order valence-corrected chi connectivity index (χ0v) is 8.37. The third kappa shape index (κ3) is 1.19. The van der Waals surface area contributed by atoms with Gasteiger partial charge in [0.2, 0.25) is 0 Å². The number of aryl methyl sites for hydroxylation is 1. The van der Waals surface area contributed by atoms with Gasteiger partial charge in [-0.2, -0.15) is 4.37 Å². The number of nitrogens with zero attached hydrogens (tertiary/aromatic N) is 1. The lowest BCUT2D eigenvalue weighted by atomic mass is 10.2. The molecule has 3 heteroatoms. The Hall–Kier alpha value is -0.410. The summed E-state index contributed by atoms with van der Waals surface area (Å²) in [4.78, 5) is 0. The summed E-state index contributed by atoms with van der Waals surface area (Å²) >= 11 is 4.97. The van der Waals surface area contributed by atoms with Gasteiger partial charge in [0.05, 0.1) is 5.52 Å². The van der Waals surface area contributed by atoms with Crippen LogP contribution in [-0.2, 0) is 0 Å². The van der Waals surface area contributed by atoms with Crippen molar-refractivity contribution in [2.75, 3.05) is 0 Å². The van der Waals surface area contributed by atoms with Gasteiger partial charge in [0.25, 0.3) is 0 Å². The molecule has 0 amide bonds. The largest absolute Gasteiger partial charge is 0.191 e. The molecule has 0 radical (unpaired) electrons. The molecule has 0 aliphatic heterocycles. The highest BCUT2D eigenvalue weighted by molar-refractivity contribution is 9.10. The normalized spacial score (nSPS) is 10.7. The summed E-state index contributed by atoms with van der Waals surface area (Å²) in [6.07, 6.45) is 0. The van der Waals surface area contributed by atoms with Gasteiger partial charge in [-0.3, -0.25) is 0 Å². The summed E-state index contributed by atoms with van der Waals surface area (Å²) in [7, 11) is 0. The monoisotopic (exact) mass is 227 g/mol. The van der Waals surface area contributed by atoms with E-state index in [2.05, 4.69) is 44.7 Å². The molecule has 0 N–H and O–H groups in total. The molecule has 1 aromatic carbocycles. The van der Waals surface area contributed by atoms with E-state index in [9.17, 15) is 0 Å². The Kier molecular flexibility index (Phi) is 1.69. The first-order valence-corrected chi connectivity index (χ1v) is 4.90. The Morgan fingerprint density at radius 1 is 1.45 bits per heavy atom. The average Bonchev–Trinajstić information content (AvgIpc) is 2.34. The van der Waals surface area contributed by atoms with Crippen molar-refractivity contribution < 1.29 is 0 Å². The van der Waals surface area contributed by atoms with Crippen molar-refractivity contribution in [3.63, 3.8) is 0 Å². The van der Waals surface area contributed by atoms with E-state index in [1.807, 2.05) is 0 Å². The lowest BCUT2D eigenvalue weighted by molar-refractivity contribution is 1.48. The van der Waals surface area contributed by atoms with E-state index in [4.69, 9.17) is 0 Å². The highest BCUT2D eigenvalue weighted by Gasteiger charge is 2.00. The molecule has 0 fully saturated rings. The quantitative estimate of drug-likeness (QED) is 0.673. The Balaban J connectivity index is 2.91. The average molecular weight is 228 g/mol. The molecule has 0 saturated carbocycles. The minimum Gasteiger partial charge on any atom is -0.191 e. The van der Waals surface area contributed by atoms with Gasteiger partial charge in [-0.15, -0.1) is 0 Å². The number of benzene rings is 1. The van der Waals surface area contributed by atoms with E-state index in [0.717, 1.165) is 9.99 Å². The molecule has 56 valence electrons. The lowest BCUT2D eigenvalue weighted by Gasteiger charge is -1.94. The van der Waals surface area contributed by atoms with Crippen molar-refractivity contribution in [2.45, 2.75) is 6.92 Å². The minimum absolute atomic E-state index is 1.07. The first-order chi connectivity index (χ1) is 5.27. The van der Waals surface area contributed by atoms with Gasteiger partial charge in [-0.25, -0.2) is 0 Å². The molecule has 0 unspecified atom stereocenters. The number of aromatic nitrogens is 1. The molecule has 0 bridgehead atoms. The second kappa shape index (κ2) is 2.57. The molecule has 0 spiro atoms. The Morgan fingerprint density at radius 3 is 3.09 bits per heavy atom. The zero-order chi connectivity index (χ0) is 7.84. The molecule has 11 heavy (non-hydrogen) atoms. The van der Waals surface area contributed by atoms with E-state index in [0.29, 0.717) is 0 Å². The van der Waals surface area contributed by atoms with Gasteiger partial charge in [0, 0.05) is 15.2 Å². The molecule has 0 aliphatic rings. The number of fused-ring (bicyclic) bond motifs is 1. The maximum atomic E-state index is 4.25. The number of hydrogen-bond acceptors (Lipinski definition) is 2. The predicted octanol–water partition coefficient (Wildman–Crippen LogP) is 3.37. The van der Waals surface area contributed by atoms with Crippen LogP contribution in [0, 0.1) is 6.92 Å². The van der Waals surface area contributed by atoms with Crippen molar-refractivity contribution in [3.8, 4) is 0 Å². The smallest absolute Gasteiger partial charge is 0.0982 e. The molecule has 2 rings (SSSR count). The fourth-order valence-corrected chi connectivity index (χ4v) is 2.53. The summed E-state index contributed by atoms with van der Waals surface area (Å²) in [5.41, 5.74) is 2.34. The number of rotatable bonds is 0. The molecule has 0 aliphatic carbocycles. The maximum Gasteiger partial charge on any atom is 0.0982 e. The molecular formula is C8H6BrNS. The summed E-state index contributed by atoms with van der Waals surface area (Å²) in [6.45, 7) is 2.09. The van der Waals surface area contributed by atoms with Gasteiger partial charge in [-0.1, -0.05) is 0 Å². The van der Waals surface area contributed by atoms with Gasteiger partial charge < -0.3 is 0 Å². The molecule has 1 nitrogen and oxygen atoms in total. The van der Waals surface area contributed by atoms with Gasteiger partial charge in [0.15, 0.2) is 0 Å². The topological polar surface area (TPSA) is 12.9 Å². The fraction of sp³-hybridized carbons (Fsp3) is 0.125. The van der Waals surface area contributed by atoms with Gasteiger partial charge in [-0.05, 0) is 52.1 Å². The van der Waals surface area contributed by atoms with Crippen LogP contribution in [0.25, 0.3) is 10.9 Å². The molecule has 2 aromatic rings. The van der Waals surface area contributed by atoms with E-state index in [1.54, 1.807) is 0 Å². The molecule has 0 saturated heterocycles. The summed E-state index contributed by atoms with van der Waals surface area (Å²) in [5, 5.41) is 3.29. The first kappa shape index (κ1) is 7.25. The van der Waals surface area contributed by atoms with Crippen LogP contribution >= 0.6 is 27.5 Å². The van der Waals surface area contributed by atoms with Crippen molar-refractivity contribution in [1.82, 2.24) is 4.37 Å². The molecule has 0 atom stereocenters. The molecular weight excluding hydrogens is 222 g/mol. The standard InChI is InChI=1S/C8H6BrNS/c1-5-2-6-4-11-10-8(6)7(9)3-5/h2-4H,1H3. The first-order valence-electron chi connectivity index (χ1n) is 3.27. The third-order valence-corrected chi connectivity index (χ3v) is 2.81. The highest BCUT2D eigenvalue weighted by Crippen LogP contribution is 2.25. The molecule has 1 heterocycles. The number of hydrogen-bond donors (Lipinski definition) is 0. The second-order valence-electron chi connectivity index (χ2n) is 2.50. The van der Waals surface area contributed by atoms with Gasteiger partial charge in [0.1, 0.15) is 0 Å². The SMILES string of the molecule is Cc1cc(Br)c2nscc2c1. The summed E-state index contributed by atoms with van der Waals surface area (Å²) in [6, 6.07) is 4.23. The zero-order valence-electron chi connectivity index (χ0n) is 5.97. The van der Waals surface area contributed by atoms with Crippen LogP contribution in [0.1, 0.15) is 5.56 Å². The van der Waals surface area contributed by atoms with Crippen LogP contribution in [0.4, 0.5) is 0 Å². The summed E-state index contributed by atoms with van der Waals surface area (Å²) < 4.78 is 5.35. The van der Waals surface area contributed by atoms with E-state index >= 15 is 0 Å². The summed E-state index contributed by atoms with van der Waals surface area (Å²) in [5.74, 6) is 0. The van der Waals surface area contributed by atoms with E-state index in [1.165, 1.54) is 22.5 Å². The van der Waals surface area contributed by atoms with Crippen molar-refractivity contribution >= 4 is 38.4 Å². The second-order valence-corrected chi connectivity index (χ2v) is 3.98. The third-order valence-electron chi connectivity index (χ3n) is 1.56. The van der Waals surface area contributed by atoms with Crippen LogP contribution < -0.4 is 0 Å². The lowest BCUT2D eigenvalue weighted by Crippen LogP contribution is -1.74. The Labute approximate surface area is 77.3 Å². The van der Waals surface area contributed by atoms with Crippen LogP contribution in [0.3, 0.4) is 0 Å². The Morgan fingerprint density at radius 2 is 2.27 bits per heavy atom. The van der Waals surface area contributed by atoms with Gasteiger partial charge >= 0.3 is 0 Å². The molecule has 1 aromatic heterocycles. The van der Waals surface area contributed by atoms with E-state index in [-0.39, 0.29) is 0 Å². The van der Waals surface area contributed by atoms with Crippen molar-refractivity contribution in [3.05, 3.63) is 27.5 Å². The highest BCUT2D eigenvalue weighted by atomic mass is 79.9. The van der Waals surface area contributed by atoms with Crippen LogP contribution in [0.2, 0.25) is 0 Å². The van der Waals surface area contributed by atoms with Crippen LogP contribution in [-0.4, -0.2) is 4.37 Å². The maximum absolute atomic E-state index is 4.25. The van der Waals surface area contributed by atoms with Crippen molar-refractivity contribution in [2.24, 2.45) is 0 Å². The van der Waals surface area contributed by atoms with Crippen LogP contribution in [0.15, 0.2) is 22.0 Å². The number of halogens is 1. The van der Waals surface area contributed by atoms with Crippen LogP contribution in [0.5, 0.6) is 0 Å². The predicted molar refractivity (Wildman–Crippen MR) is 52.1 cm³/mol. The Bertz CT molecular complexity index is 394. The minimum atomic E-state index is 1.07. The van der Waals surface area contributed by atoms with Crippen molar-refractivity contribution in [1.29, 1.82) is 0 Å². The fourth-order valence-electron chi connectivity index (χ4n) is 1.08. The van der Waals surface area contributed by atoms with E-state index < -0.39 is 0 Å².